The average molecular weight is 442 g/mol. The molecule has 0 unspecified atom stereocenters. The second-order valence-electron chi connectivity index (χ2n) is 7.74. The van der Waals surface area contributed by atoms with Crippen LogP contribution >= 0.6 is 0 Å². The van der Waals surface area contributed by atoms with E-state index in [0.717, 1.165) is 33.5 Å². The van der Waals surface area contributed by atoms with Gasteiger partial charge < -0.3 is 14.8 Å². The molecule has 2 aromatic heterocycles. The molecule has 0 fully saturated rings. The van der Waals surface area contributed by atoms with E-state index >= 15 is 0 Å². The molecule has 0 radical (unpaired) electrons. The summed E-state index contributed by atoms with van der Waals surface area (Å²) in [5.74, 6) is 1.44. The lowest BCUT2D eigenvalue weighted by Crippen LogP contribution is -2.25. The van der Waals surface area contributed by atoms with Gasteiger partial charge in [-0.25, -0.2) is 4.68 Å². The highest BCUT2D eigenvalue weighted by atomic mass is 16.5. The van der Waals surface area contributed by atoms with E-state index in [9.17, 15) is 9.59 Å². The minimum atomic E-state index is -0.197. The van der Waals surface area contributed by atoms with Crippen molar-refractivity contribution in [1.29, 1.82) is 0 Å². The molecule has 8 heteroatoms. The lowest BCUT2D eigenvalue weighted by Gasteiger charge is -2.17. The first-order valence-electron chi connectivity index (χ1n) is 10.7. The van der Waals surface area contributed by atoms with E-state index in [-0.39, 0.29) is 18.1 Å². The van der Waals surface area contributed by atoms with Gasteiger partial charge in [0.1, 0.15) is 18.1 Å². The smallest absolute Gasteiger partial charge is 0.266 e. The van der Waals surface area contributed by atoms with Crippen molar-refractivity contribution in [3.05, 3.63) is 76.7 Å². The van der Waals surface area contributed by atoms with Gasteiger partial charge in [-0.1, -0.05) is 6.07 Å². The number of rotatable bonds is 6. The molecule has 1 aliphatic rings. The largest absolute Gasteiger partial charge is 0.497 e. The van der Waals surface area contributed by atoms with Gasteiger partial charge in [0.2, 0.25) is 5.91 Å². The van der Waals surface area contributed by atoms with Crippen molar-refractivity contribution in [3.8, 4) is 22.8 Å². The predicted molar refractivity (Wildman–Crippen MR) is 125 cm³/mol. The van der Waals surface area contributed by atoms with E-state index in [2.05, 4.69) is 15.4 Å². The zero-order valence-electron chi connectivity index (χ0n) is 18.1. The topological polar surface area (TPSA) is 95.3 Å². The summed E-state index contributed by atoms with van der Waals surface area (Å²) in [5, 5.41) is 8.28. The van der Waals surface area contributed by atoms with Gasteiger partial charge in [-0.15, -0.1) is 0 Å². The maximum Gasteiger partial charge on any atom is 0.266 e. The number of aryl methyl sites for hydroxylation is 1. The molecule has 4 aromatic rings. The zero-order chi connectivity index (χ0) is 22.8. The van der Waals surface area contributed by atoms with E-state index in [0.29, 0.717) is 30.8 Å². The van der Waals surface area contributed by atoms with Crippen LogP contribution in [0.1, 0.15) is 12.0 Å². The maximum absolute atomic E-state index is 12.4. The lowest BCUT2D eigenvalue weighted by atomic mass is 9.99. The van der Waals surface area contributed by atoms with Crippen LogP contribution in [0.3, 0.4) is 0 Å². The Labute approximate surface area is 189 Å². The summed E-state index contributed by atoms with van der Waals surface area (Å²) in [4.78, 5) is 28.3. The van der Waals surface area contributed by atoms with Crippen molar-refractivity contribution in [3.63, 3.8) is 0 Å². The second-order valence-corrected chi connectivity index (χ2v) is 7.74. The number of hydrogen-bond acceptors (Lipinski definition) is 6. The fraction of sp³-hybridized carbons (Fsp3) is 0.200. The van der Waals surface area contributed by atoms with Crippen molar-refractivity contribution in [1.82, 2.24) is 14.8 Å². The number of amides is 1. The molecule has 0 saturated carbocycles. The average Bonchev–Trinajstić information content (AvgIpc) is 2.84. The van der Waals surface area contributed by atoms with E-state index in [1.165, 1.54) is 10.7 Å². The number of pyridine rings is 1. The molecule has 8 nitrogen and oxygen atoms in total. The van der Waals surface area contributed by atoms with Gasteiger partial charge in [-0.2, -0.15) is 5.10 Å². The van der Waals surface area contributed by atoms with Gasteiger partial charge >= 0.3 is 0 Å². The molecule has 2 aromatic carbocycles. The van der Waals surface area contributed by atoms with Crippen LogP contribution in [0.2, 0.25) is 0 Å². The van der Waals surface area contributed by atoms with Crippen molar-refractivity contribution in [2.24, 2.45) is 0 Å². The monoisotopic (exact) mass is 442 g/mol. The number of fused-ring (bicyclic) bond motifs is 2. The molecule has 0 spiro atoms. The van der Waals surface area contributed by atoms with Gasteiger partial charge in [0.25, 0.3) is 5.56 Å². The summed E-state index contributed by atoms with van der Waals surface area (Å²) in [6.07, 6.45) is 2.84. The van der Waals surface area contributed by atoms with Gasteiger partial charge in [-0.05, 0) is 48.4 Å². The van der Waals surface area contributed by atoms with E-state index in [4.69, 9.17) is 9.47 Å². The Morgan fingerprint density at radius 1 is 1.03 bits per heavy atom. The number of carbonyl (C=O) groups excluding carboxylic acids is 1. The molecule has 0 atom stereocenters. The molecule has 1 N–H and O–H groups in total. The number of hydrogen-bond donors (Lipinski definition) is 1. The number of carbonyl (C=O) groups is 1. The molecule has 0 bridgehead atoms. The van der Waals surface area contributed by atoms with Gasteiger partial charge in [-0.3, -0.25) is 14.6 Å². The van der Waals surface area contributed by atoms with Crippen LogP contribution in [-0.2, 0) is 17.8 Å². The van der Waals surface area contributed by atoms with Crippen molar-refractivity contribution < 1.29 is 14.3 Å². The van der Waals surface area contributed by atoms with Gasteiger partial charge in [0.15, 0.2) is 0 Å². The van der Waals surface area contributed by atoms with Gasteiger partial charge in [0.05, 0.1) is 24.9 Å². The third kappa shape index (κ3) is 4.27. The van der Waals surface area contributed by atoms with Crippen LogP contribution in [0.5, 0.6) is 11.5 Å². The Morgan fingerprint density at radius 3 is 2.82 bits per heavy atom. The molecule has 3 heterocycles. The fourth-order valence-corrected chi connectivity index (χ4v) is 3.90. The summed E-state index contributed by atoms with van der Waals surface area (Å²) in [5.41, 5.74) is 4.06. The molecule has 33 heavy (non-hydrogen) atoms. The fourth-order valence-electron chi connectivity index (χ4n) is 3.90. The van der Waals surface area contributed by atoms with E-state index in [1.54, 1.807) is 25.4 Å². The molecule has 1 aliphatic heterocycles. The quantitative estimate of drug-likeness (QED) is 0.492. The normalized spacial score (nSPS) is 12.8. The second kappa shape index (κ2) is 8.74. The minimum Gasteiger partial charge on any atom is -0.497 e. The van der Waals surface area contributed by atoms with Crippen molar-refractivity contribution >= 4 is 22.5 Å². The van der Waals surface area contributed by atoms with Crippen LogP contribution in [0.15, 0.2) is 65.6 Å². The minimum absolute atomic E-state index is 0.0306. The van der Waals surface area contributed by atoms with Gasteiger partial charge in [0, 0.05) is 41.4 Å². The Hall–Kier alpha value is -4.20. The molecule has 0 aliphatic carbocycles. The number of ether oxygens (including phenoxy) is 2. The van der Waals surface area contributed by atoms with Crippen LogP contribution in [-0.4, -0.2) is 34.4 Å². The number of aromatic nitrogens is 3. The standard InChI is InChI=1S/C25H22N4O4/c1-32-18-4-5-19-22(15-18)26-11-10-23(19)33-13-12-29-25(31)9-7-21(28-29)17-2-6-20-16(14-17)3-8-24(30)27-20/h2,4-7,9-11,14-15H,3,8,12-13H2,1H3,(H,27,30). The van der Waals surface area contributed by atoms with Crippen LogP contribution < -0.4 is 20.3 Å². The summed E-state index contributed by atoms with van der Waals surface area (Å²) >= 11 is 0. The maximum atomic E-state index is 12.4. The van der Waals surface area contributed by atoms with E-state index in [1.807, 2.05) is 36.4 Å². The third-order valence-electron chi connectivity index (χ3n) is 5.63. The number of anilines is 1. The molecule has 1 amide bonds. The molecule has 0 saturated heterocycles. The number of nitrogens with zero attached hydrogens (tertiary/aromatic N) is 3. The van der Waals surface area contributed by atoms with Crippen molar-refractivity contribution in [2.45, 2.75) is 19.4 Å². The molecular weight excluding hydrogens is 420 g/mol. The Morgan fingerprint density at radius 2 is 1.94 bits per heavy atom. The first-order valence-corrected chi connectivity index (χ1v) is 10.7. The highest BCUT2D eigenvalue weighted by Gasteiger charge is 2.16. The predicted octanol–water partition coefficient (Wildman–Crippen LogP) is 3.43. The van der Waals surface area contributed by atoms with Crippen LogP contribution in [0.4, 0.5) is 5.69 Å². The Bertz CT molecular complexity index is 1410. The number of methoxy groups -OCH3 is 1. The highest BCUT2D eigenvalue weighted by molar-refractivity contribution is 5.94. The first-order chi connectivity index (χ1) is 16.1. The molecule has 5 rings (SSSR count). The van der Waals surface area contributed by atoms with Crippen LogP contribution in [0.25, 0.3) is 22.2 Å². The number of nitrogens with one attached hydrogen (secondary N) is 1. The SMILES string of the molecule is COc1ccc2c(OCCn3nc(-c4ccc5c(c4)CCC(=O)N5)ccc3=O)ccnc2c1. The van der Waals surface area contributed by atoms with Crippen molar-refractivity contribution in [2.75, 3.05) is 19.0 Å². The lowest BCUT2D eigenvalue weighted by molar-refractivity contribution is -0.116. The van der Waals surface area contributed by atoms with Crippen LogP contribution in [0, 0.1) is 0 Å². The Balaban J connectivity index is 1.33. The van der Waals surface area contributed by atoms with E-state index < -0.39 is 0 Å². The summed E-state index contributed by atoms with van der Waals surface area (Å²) in [7, 11) is 1.61. The summed E-state index contributed by atoms with van der Waals surface area (Å²) in [6, 6.07) is 16.4. The number of benzene rings is 2. The summed E-state index contributed by atoms with van der Waals surface area (Å²) in [6.45, 7) is 0.575. The zero-order valence-corrected chi connectivity index (χ0v) is 18.1. The highest BCUT2D eigenvalue weighted by Crippen LogP contribution is 2.28. The Kier molecular flexibility index (Phi) is 5.48. The first kappa shape index (κ1) is 20.7. The molecular formula is C25H22N4O4. The molecule has 166 valence electrons. The summed E-state index contributed by atoms with van der Waals surface area (Å²) < 4.78 is 12.6. The third-order valence-corrected chi connectivity index (χ3v) is 5.63.